The average Bonchev–Trinajstić information content (AvgIpc) is 2.52. The largest absolute Gasteiger partial charge is 0.370 e. The molecule has 0 bridgehead atoms. The second-order valence-electron chi connectivity index (χ2n) is 6.48. The summed E-state index contributed by atoms with van der Waals surface area (Å²) in [5, 5.41) is 0. The number of hydrogen-bond acceptors (Lipinski definition) is 2. The van der Waals surface area contributed by atoms with E-state index in [-0.39, 0.29) is 29.4 Å². The maximum atomic E-state index is 6.12. The zero-order valence-corrected chi connectivity index (χ0v) is 15.3. The monoisotopic (exact) mass is 382 g/mol. The lowest BCUT2D eigenvalue weighted by atomic mass is 9.93. The van der Waals surface area contributed by atoms with Crippen molar-refractivity contribution in [3.05, 3.63) is 0 Å². The minimum absolute atomic E-state index is 0. The molecule has 2 N–H and O–H groups in total. The molecule has 5 heteroatoms. The molecule has 0 saturated carbocycles. The van der Waals surface area contributed by atoms with E-state index in [9.17, 15) is 0 Å². The highest BCUT2D eigenvalue weighted by Crippen LogP contribution is 2.16. The minimum Gasteiger partial charge on any atom is -0.370 e. The molecule has 19 heavy (non-hydrogen) atoms. The molecule has 0 radical (unpaired) electrons. The molecule has 0 aromatic heterocycles. The van der Waals surface area contributed by atoms with E-state index >= 15 is 0 Å². The zero-order chi connectivity index (χ0) is 13.6. The Morgan fingerprint density at radius 3 is 2.16 bits per heavy atom. The van der Waals surface area contributed by atoms with Crippen LogP contribution in [0.5, 0.6) is 0 Å². The van der Waals surface area contributed by atoms with Crippen LogP contribution in [0.25, 0.3) is 0 Å². The third-order valence-corrected chi connectivity index (χ3v) is 3.34. The van der Waals surface area contributed by atoms with Crippen molar-refractivity contribution in [2.24, 2.45) is 16.1 Å². The molecular weight excluding hydrogens is 351 g/mol. The number of nitrogens with zero attached hydrogens (tertiary/aromatic N) is 3. The average molecular weight is 382 g/mol. The van der Waals surface area contributed by atoms with E-state index in [0.717, 1.165) is 32.1 Å². The number of likely N-dealkylation sites (tertiary alicyclic amines) is 1. The molecule has 4 nitrogen and oxygen atoms in total. The highest BCUT2D eigenvalue weighted by Gasteiger charge is 2.19. The Hall–Kier alpha value is -0.0400. The van der Waals surface area contributed by atoms with Crippen molar-refractivity contribution in [1.82, 2.24) is 9.80 Å². The van der Waals surface area contributed by atoms with Gasteiger partial charge in [-0.05, 0) is 32.4 Å². The molecule has 0 aliphatic carbocycles. The van der Waals surface area contributed by atoms with Gasteiger partial charge in [0.1, 0.15) is 0 Å². The first-order valence-corrected chi connectivity index (χ1v) is 7.10. The minimum atomic E-state index is 0. The van der Waals surface area contributed by atoms with Crippen molar-refractivity contribution in [1.29, 1.82) is 0 Å². The highest BCUT2D eigenvalue weighted by atomic mass is 127. The van der Waals surface area contributed by atoms with Gasteiger partial charge >= 0.3 is 0 Å². The maximum absolute atomic E-state index is 6.12. The lowest BCUT2D eigenvalue weighted by Crippen LogP contribution is -2.39. The number of halogens is 1. The van der Waals surface area contributed by atoms with Gasteiger partial charge in [-0.15, -0.1) is 24.0 Å². The van der Waals surface area contributed by atoms with Gasteiger partial charge in [0.25, 0.3) is 0 Å². The normalized spacial score (nSPS) is 18.2. The van der Waals surface area contributed by atoms with Crippen LogP contribution < -0.4 is 5.73 Å². The molecule has 0 amide bonds. The zero-order valence-electron chi connectivity index (χ0n) is 13.0. The van der Waals surface area contributed by atoms with Crippen LogP contribution in [0.2, 0.25) is 0 Å². The molecule has 1 aliphatic rings. The Balaban J connectivity index is 0.00000324. The SMILES string of the molecule is CN(C)CC(C)(C)CN=C(N)N1CCCCCC1.I. The third-order valence-electron chi connectivity index (χ3n) is 3.34. The molecule has 0 spiro atoms. The van der Waals surface area contributed by atoms with Crippen LogP contribution in [0.4, 0.5) is 0 Å². The predicted octanol–water partition coefficient (Wildman–Crippen LogP) is 2.38. The lowest BCUT2D eigenvalue weighted by Gasteiger charge is -2.28. The number of nitrogens with two attached hydrogens (primary N) is 1. The van der Waals surface area contributed by atoms with Gasteiger partial charge in [-0.2, -0.15) is 0 Å². The highest BCUT2D eigenvalue weighted by molar-refractivity contribution is 14.0. The van der Waals surface area contributed by atoms with Crippen LogP contribution in [0.1, 0.15) is 39.5 Å². The molecule has 0 unspecified atom stereocenters. The molecule has 1 aliphatic heterocycles. The van der Waals surface area contributed by atoms with Crippen LogP contribution in [-0.2, 0) is 0 Å². The van der Waals surface area contributed by atoms with Gasteiger partial charge in [0, 0.05) is 26.2 Å². The Labute approximate surface area is 135 Å². The topological polar surface area (TPSA) is 44.9 Å². The second-order valence-corrected chi connectivity index (χ2v) is 6.48. The van der Waals surface area contributed by atoms with Gasteiger partial charge in [-0.3, -0.25) is 4.99 Å². The van der Waals surface area contributed by atoms with Gasteiger partial charge in [-0.1, -0.05) is 26.7 Å². The van der Waals surface area contributed by atoms with Crippen molar-refractivity contribution in [2.75, 3.05) is 40.3 Å². The summed E-state index contributed by atoms with van der Waals surface area (Å²) < 4.78 is 0. The standard InChI is InChI=1S/C14H30N4.HI/c1-14(2,12-17(3)4)11-16-13(15)18-9-7-5-6-8-10-18;/h5-12H2,1-4H3,(H2,15,16);1H. The fourth-order valence-electron chi connectivity index (χ4n) is 2.60. The Morgan fingerprint density at radius 2 is 1.68 bits per heavy atom. The van der Waals surface area contributed by atoms with Crippen LogP contribution in [0.3, 0.4) is 0 Å². The van der Waals surface area contributed by atoms with Crippen molar-refractivity contribution in [3.8, 4) is 0 Å². The first-order valence-electron chi connectivity index (χ1n) is 7.10. The van der Waals surface area contributed by atoms with Gasteiger partial charge in [0.15, 0.2) is 5.96 Å². The number of aliphatic imine (C=N–C) groups is 1. The van der Waals surface area contributed by atoms with Crippen LogP contribution >= 0.6 is 24.0 Å². The molecule has 1 fully saturated rings. The summed E-state index contributed by atoms with van der Waals surface area (Å²) in [5.74, 6) is 0.740. The first-order chi connectivity index (χ1) is 8.41. The summed E-state index contributed by atoms with van der Waals surface area (Å²) in [5.41, 5.74) is 6.30. The summed E-state index contributed by atoms with van der Waals surface area (Å²) in [7, 11) is 4.20. The molecule has 0 aromatic carbocycles. The number of guanidine groups is 1. The van der Waals surface area contributed by atoms with Gasteiger partial charge in [0.05, 0.1) is 0 Å². The summed E-state index contributed by atoms with van der Waals surface area (Å²) in [6, 6.07) is 0. The number of rotatable bonds is 4. The van der Waals surface area contributed by atoms with Crippen molar-refractivity contribution in [2.45, 2.75) is 39.5 Å². The fourth-order valence-corrected chi connectivity index (χ4v) is 2.60. The van der Waals surface area contributed by atoms with E-state index in [1.807, 2.05) is 0 Å². The quantitative estimate of drug-likeness (QED) is 0.461. The van der Waals surface area contributed by atoms with Crippen LogP contribution in [0.15, 0.2) is 4.99 Å². The second kappa shape index (κ2) is 9.00. The van der Waals surface area contributed by atoms with Crippen LogP contribution in [0, 0.1) is 5.41 Å². The van der Waals surface area contributed by atoms with E-state index < -0.39 is 0 Å². The summed E-state index contributed by atoms with van der Waals surface area (Å²) in [6.45, 7) is 8.46. The Morgan fingerprint density at radius 1 is 1.16 bits per heavy atom. The predicted molar refractivity (Wildman–Crippen MR) is 94.3 cm³/mol. The van der Waals surface area contributed by atoms with Crippen molar-refractivity contribution in [3.63, 3.8) is 0 Å². The van der Waals surface area contributed by atoms with E-state index in [2.05, 4.69) is 42.7 Å². The van der Waals surface area contributed by atoms with E-state index in [1.165, 1.54) is 25.7 Å². The van der Waals surface area contributed by atoms with Crippen LogP contribution in [-0.4, -0.2) is 56.0 Å². The third kappa shape index (κ3) is 7.97. The van der Waals surface area contributed by atoms with Crippen molar-refractivity contribution < 1.29 is 0 Å². The van der Waals surface area contributed by atoms with E-state index in [4.69, 9.17) is 5.73 Å². The molecular formula is C14H31IN4. The molecule has 114 valence electrons. The number of hydrogen-bond donors (Lipinski definition) is 1. The van der Waals surface area contributed by atoms with E-state index in [0.29, 0.717) is 0 Å². The van der Waals surface area contributed by atoms with E-state index in [1.54, 1.807) is 0 Å². The van der Waals surface area contributed by atoms with Gasteiger partial charge in [0.2, 0.25) is 0 Å². The smallest absolute Gasteiger partial charge is 0.191 e. The molecule has 0 atom stereocenters. The first kappa shape index (κ1) is 19.0. The Bertz CT molecular complexity index is 269. The Kier molecular flexibility index (Phi) is 8.98. The summed E-state index contributed by atoms with van der Waals surface area (Å²) in [4.78, 5) is 9.06. The fraction of sp³-hybridized carbons (Fsp3) is 0.929. The lowest BCUT2D eigenvalue weighted by molar-refractivity contribution is 0.248. The summed E-state index contributed by atoms with van der Waals surface area (Å²) >= 11 is 0. The van der Waals surface area contributed by atoms with Gasteiger partial charge in [-0.25, -0.2) is 0 Å². The summed E-state index contributed by atoms with van der Waals surface area (Å²) in [6.07, 6.45) is 5.15. The maximum Gasteiger partial charge on any atom is 0.191 e. The van der Waals surface area contributed by atoms with Crippen molar-refractivity contribution >= 4 is 29.9 Å². The van der Waals surface area contributed by atoms with Gasteiger partial charge < -0.3 is 15.5 Å². The molecule has 1 rings (SSSR count). The molecule has 1 heterocycles. The molecule has 1 saturated heterocycles. The molecule has 0 aromatic rings.